The summed E-state index contributed by atoms with van der Waals surface area (Å²) in [6.07, 6.45) is 1.16. The Labute approximate surface area is 124 Å². The summed E-state index contributed by atoms with van der Waals surface area (Å²) in [6, 6.07) is 3.90. The average Bonchev–Trinajstić information content (AvgIpc) is 2.42. The number of hydrogen-bond acceptors (Lipinski definition) is 3. The largest absolute Gasteiger partial charge is 0.359 e. The third kappa shape index (κ3) is 5.25. The highest BCUT2D eigenvalue weighted by molar-refractivity contribution is 6.39. The van der Waals surface area contributed by atoms with Crippen molar-refractivity contribution in [3.63, 3.8) is 0 Å². The van der Waals surface area contributed by atoms with Crippen molar-refractivity contribution >= 4 is 23.9 Å². The van der Waals surface area contributed by atoms with Gasteiger partial charge in [-0.2, -0.15) is 0 Å². The fraction of sp³-hybridized carbons (Fsp3) is 0.400. The lowest BCUT2D eigenvalue weighted by Gasteiger charge is -2.12. The molecule has 0 heterocycles. The molecule has 1 rings (SSSR count). The van der Waals surface area contributed by atoms with Crippen molar-refractivity contribution < 1.29 is 14.4 Å². The van der Waals surface area contributed by atoms with Gasteiger partial charge in [-0.05, 0) is 38.3 Å². The van der Waals surface area contributed by atoms with Gasteiger partial charge < -0.3 is 16.0 Å². The second-order valence-corrected chi connectivity index (χ2v) is 4.91. The smallest absolute Gasteiger partial charge is 0.313 e. The standard InChI is InChI=1S/C15H21N3O3/c1-10-7-11(2)13(12(3)8-10)18-15(21)14(20)17-6-4-5-16-9-19/h7-9H,4-6H2,1-3H3,(H,16,19)(H,17,20)(H,18,21). The van der Waals surface area contributed by atoms with Gasteiger partial charge in [0.1, 0.15) is 0 Å². The predicted molar refractivity (Wildman–Crippen MR) is 81.0 cm³/mol. The lowest BCUT2D eigenvalue weighted by atomic mass is 10.1. The summed E-state index contributed by atoms with van der Waals surface area (Å²) < 4.78 is 0. The van der Waals surface area contributed by atoms with Crippen LogP contribution in [0.1, 0.15) is 23.1 Å². The number of nitrogens with one attached hydrogen (secondary N) is 3. The van der Waals surface area contributed by atoms with Gasteiger partial charge in [-0.3, -0.25) is 14.4 Å². The maximum atomic E-state index is 11.8. The van der Waals surface area contributed by atoms with E-state index in [1.165, 1.54) is 0 Å². The molecule has 6 heteroatoms. The zero-order valence-electron chi connectivity index (χ0n) is 12.6. The van der Waals surface area contributed by atoms with Gasteiger partial charge in [0.2, 0.25) is 6.41 Å². The molecule has 1 aromatic carbocycles. The van der Waals surface area contributed by atoms with Crippen molar-refractivity contribution in [2.24, 2.45) is 0 Å². The summed E-state index contributed by atoms with van der Waals surface area (Å²) in [5.41, 5.74) is 3.62. The number of hydrogen-bond donors (Lipinski definition) is 3. The number of amides is 3. The Balaban J connectivity index is 2.53. The van der Waals surface area contributed by atoms with Crippen LogP contribution in [-0.2, 0) is 14.4 Å². The number of aryl methyl sites for hydroxylation is 3. The third-order valence-electron chi connectivity index (χ3n) is 2.99. The van der Waals surface area contributed by atoms with Crippen LogP contribution in [0.2, 0.25) is 0 Å². The molecule has 114 valence electrons. The van der Waals surface area contributed by atoms with Gasteiger partial charge in [0.15, 0.2) is 0 Å². The van der Waals surface area contributed by atoms with Crippen LogP contribution in [-0.4, -0.2) is 31.3 Å². The summed E-state index contributed by atoms with van der Waals surface area (Å²) in [7, 11) is 0. The zero-order valence-corrected chi connectivity index (χ0v) is 12.6. The van der Waals surface area contributed by atoms with E-state index in [1.807, 2.05) is 32.9 Å². The highest BCUT2D eigenvalue weighted by Crippen LogP contribution is 2.21. The molecule has 3 N–H and O–H groups in total. The van der Waals surface area contributed by atoms with E-state index in [4.69, 9.17) is 0 Å². The molecule has 0 fully saturated rings. The Hall–Kier alpha value is -2.37. The van der Waals surface area contributed by atoms with Gasteiger partial charge in [-0.1, -0.05) is 17.7 Å². The Morgan fingerprint density at radius 2 is 1.67 bits per heavy atom. The zero-order chi connectivity index (χ0) is 15.8. The Morgan fingerprint density at radius 3 is 2.24 bits per heavy atom. The van der Waals surface area contributed by atoms with Crippen LogP contribution in [0.25, 0.3) is 0 Å². The highest BCUT2D eigenvalue weighted by Gasteiger charge is 2.15. The van der Waals surface area contributed by atoms with Gasteiger partial charge in [0.05, 0.1) is 0 Å². The van der Waals surface area contributed by atoms with Crippen molar-refractivity contribution in [2.45, 2.75) is 27.2 Å². The maximum Gasteiger partial charge on any atom is 0.313 e. The van der Waals surface area contributed by atoms with E-state index in [-0.39, 0.29) is 0 Å². The van der Waals surface area contributed by atoms with Crippen LogP contribution < -0.4 is 16.0 Å². The molecule has 0 bridgehead atoms. The second kappa shape index (κ2) is 8.04. The normalized spacial score (nSPS) is 9.86. The van der Waals surface area contributed by atoms with Crippen LogP contribution in [0.4, 0.5) is 5.69 Å². The van der Waals surface area contributed by atoms with E-state index in [0.717, 1.165) is 16.7 Å². The molecular weight excluding hydrogens is 270 g/mol. The number of anilines is 1. The molecule has 0 aliphatic heterocycles. The Bertz CT molecular complexity index is 518. The second-order valence-electron chi connectivity index (χ2n) is 4.91. The van der Waals surface area contributed by atoms with E-state index in [1.54, 1.807) is 0 Å². The quantitative estimate of drug-likeness (QED) is 0.411. The Morgan fingerprint density at radius 1 is 1.05 bits per heavy atom. The molecule has 21 heavy (non-hydrogen) atoms. The van der Waals surface area contributed by atoms with Crippen molar-refractivity contribution in [3.05, 3.63) is 28.8 Å². The van der Waals surface area contributed by atoms with E-state index in [9.17, 15) is 14.4 Å². The average molecular weight is 291 g/mol. The lowest BCUT2D eigenvalue weighted by Crippen LogP contribution is -2.37. The molecule has 6 nitrogen and oxygen atoms in total. The first-order valence-corrected chi connectivity index (χ1v) is 6.79. The SMILES string of the molecule is Cc1cc(C)c(NC(=O)C(=O)NCCCNC=O)c(C)c1. The van der Waals surface area contributed by atoms with Gasteiger partial charge in [-0.15, -0.1) is 0 Å². The molecule has 0 radical (unpaired) electrons. The predicted octanol–water partition coefficient (Wildman–Crippen LogP) is 0.803. The highest BCUT2D eigenvalue weighted by atomic mass is 16.2. The molecular formula is C15H21N3O3. The van der Waals surface area contributed by atoms with E-state index < -0.39 is 11.8 Å². The van der Waals surface area contributed by atoms with Gasteiger partial charge in [0.25, 0.3) is 0 Å². The molecule has 1 aromatic rings. The van der Waals surface area contributed by atoms with Gasteiger partial charge >= 0.3 is 11.8 Å². The van der Waals surface area contributed by atoms with Crippen LogP contribution in [0.5, 0.6) is 0 Å². The molecule has 0 spiro atoms. The lowest BCUT2D eigenvalue weighted by molar-refractivity contribution is -0.136. The van der Waals surface area contributed by atoms with Crippen molar-refractivity contribution in [1.29, 1.82) is 0 Å². The van der Waals surface area contributed by atoms with Crippen LogP contribution >= 0.6 is 0 Å². The summed E-state index contributed by atoms with van der Waals surface area (Å²) in [6.45, 7) is 6.55. The van der Waals surface area contributed by atoms with Gasteiger partial charge in [0, 0.05) is 18.8 Å². The minimum absolute atomic E-state index is 0.332. The first-order chi connectivity index (χ1) is 9.95. The van der Waals surface area contributed by atoms with Crippen molar-refractivity contribution in [1.82, 2.24) is 10.6 Å². The Kier molecular flexibility index (Phi) is 6.39. The number of carbonyl (C=O) groups is 3. The van der Waals surface area contributed by atoms with Crippen molar-refractivity contribution in [3.8, 4) is 0 Å². The monoisotopic (exact) mass is 291 g/mol. The summed E-state index contributed by atoms with van der Waals surface area (Å²) >= 11 is 0. The number of rotatable bonds is 6. The fourth-order valence-electron chi connectivity index (χ4n) is 2.08. The first kappa shape index (κ1) is 16.7. The summed E-state index contributed by atoms with van der Waals surface area (Å²) in [5.74, 6) is -1.37. The van der Waals surface area contributed by atoms with E-state index in [2.05, 4.69) is 16.0 Å². The van der Waals surface area contributed by atoms with Crippen LogP contribution in [0.15, 0.2) is 12.1 Å². The molecule has 0 aliphatic rings. The first-order valence-electron chi connectivity index (χ1n) is 6.79. The molecule has 3 amide bonds. The fourth-order valence-corrected chi connectivity index (χ4v) is 2.08. The van der Waals surface area contributed by atoms with E-state index in [0.29, 0.717) is 31.6 Å². The molecule has 0 saturated carbocycles. The van der Waals surface area contributed by atoms with Crippen LogP contribution in [0.3, 0.4) is 0 Å². The van der Waals surface area contributed by atoms with Crippen LogP contribution in [0, 0.1) is 20.8 Å². The maximum absolute atomic E-state index is 11.8. The minimum atomic E-state index is -0.687. The summed E-state index contributed by atoms with van der Waals surface area (Å²) in [4.78, 5) is 33.5. The molecule has 0 atom stereocenters. The number of benzene rings is 1. The molecule has 0 saturated heterocycles. The van der Waals surface area contributed by atoms with Crippen molar-refractivity contribution in [2.75, 3.05) is 18.4 Å². The number of carbonyl (C=O) groups excluding carboxylic acids is 3. The third-order valence-corrected chi connectivity index (χ3v) is 2.99. The molecule has 0 unspecified atom stereocenters. The van der Waals surface area contributed by atoms with E-state index >= 15 is 0 Å². The topological polar surface area (TPSA) is 87.3 Å². The minimum Gasteiger partial charge on any atom is -0.359 e. The molecule has 0 aromatic heterocycles. The molecule has 0 aliphatic carbocycles. The summed E-state index contributed by atoms with van der Waals surface area (Å²) in [5, 5.41) is 7.62. The van der Waals surface area contributed by atoms with Gasteiger partial charge in [-0.25, -0.2) is 0 Å².